The van der Waals surface area contributed by atoms with Crippen molar-refractivity contribution in [3.8, 4) is 0 Å². The van der Waals surface area contributed by atoms with Gasteiger partial charge in [0.25, 0.3) is 0 Å². The van der Waals surface area contributed by atoms with E-state index in [0.29, 0.717) is 12.6 Å². The smallest absolute Gasteiger partial charge is 0.315 e. The highest BCUT2D eigenvalue weighted by molar-refractivity contribution is 5.77. The topological polar surface area (TPSA) is 59.0 Å². The molecule has 0 spiro atoms. The molecule has 5 heteroatoms. The van der Waals surface area contributed by atoms with Crippen LogP contribution in [0.25, 0.3) is 11.0 Å². The van der Waals surface area contributed by atoms with Crippen molar-refractivity contribution in [3.63, 3.8) is 0 Å². The molecule has 0 atom stereocenters. The van der Waals surface area contributed by atoms with E-state index in [-0.39, 0.29) is 6.03 Å². The summed E-state index contributed by atoms with van der Waals surface area (Å²) in [7, 11) is 2.01. The predicted octanol–water partition coefficient (Wildman–Crippen LogP) is 2.62. The van der Waals surface area contributed by atoms with Gasteiger partial charge in [-0.2, -0.15) is 0 Å². The second-order valence-corrected chi connectivity index (χ2v) is 5.85. The molecule has 112 valence electrons. The highest BCUT2D eigenvalue weighted by atomic mass is 16.2. The highest BCUT2D eigenvalue weighted by Crippen LogP contribution is 2.18. The fourth-order valence-electron chi connectivity index (χ4n) is 2.96. The van der Waals surface area contributed by atoms with Gasteiger partial charge < -0.3 is 15.2 Å². The maximum absolute atomic E-state index is 11.9. The van der Waals surface area contributed by atoms with E-state index >= 15 is 0 Å². The van der Waals surface area contributed by atoms with Gasteiger partial charge in [0.2, 0.25) is 0 Å². The molecule has 0 unspecified atom stereocenters. The number of nitrogens with zero attached hydrogens (tertiary/aromatic N) is 2. The minimum Gasteiger partial charge on any atom is -0.335 e. The number of aromatic nitrogens is 2. The lowest BCUT2D eigenvalue weighted by atomic mass is 10.2. The van der Waals surface area contributed by atoms with Crippen LogP contribution in [0.5, 0.6) is 0 Å². The average Bonchev–Trinajstić information content (AvgIpc) is 3.06. The zero-order chi connectivity index (χ0) is 14.8. The Morgan fingerprint density at radius 3 is 2.90 bits per heavy atom. The molecule has 1 saturated carbocycles. The van der Waals surface area contributed by atoms with Gasteiger partial charge in [0.05, 0.1) is 11.0 Å². The normalized spacial score (nSPS) is 15.5. The maximum Gasteiger partial charge on any atom is 0.315 e. The Labute approximate surface area is 124 Å². The van der Waals surface area contributed by atoms with E-state index in [9.17, 15) is 4.79 Å². The fourth-order valence-corrected chi connectivity index (χ4v) is 2.96. The van der Waals surface area contributed by atoms with Crippen LogP contribution in [0.15, 0.2) is 18.2 Å². The Hall–Kier alpha value is -2.04. The van der Waals surface area contributed by atoms with Crippen LogP contribution in [0.3, 0.4) is 0 Å². The van der Waals surface area contributed by atoms with Crippen LogP contribution < -0.4 is 10.6 Å². The molecule has 1 aliphatic rings. The van der Waals surface area contributed by atoms with E-state index in [1.54, 1.807) is 0 Å². The number of fused-ring (bicyclic) bond motifs is 1. The molecule has 1 fully saturated rings. The summed E-state index contributed by atoms with van der Waals surface area (Å²) in [4.78, 5) is 16.4. The van der Waals surface area contributed by atoms with Crippen molar-refractivity contribution in [2.75, 3.05) is 0 Å². The summed E-state index contributed by atoms with van der Waals surface area (Å²) in [5, 5.41) is 5.96. The number of hydrogen-bond donors (Lipinski definition) is 2. The first-order valence-corrected chi connectivity index (χ1v) is 7.60. The van der Waals surface area contributed by atoms with Gasteiger partial charge in [-0.15, -0.1) is 0 Å². The average molecular weight is 286 g/mol. The highest BCUT2D eigenvalue weighted by Gasteiger charge is 2.16. The van der Waals surface area contributed by atoms with E-state index < -0.39 is 0 Å². The molecular weight excluding hydrogens is 264 g/mol. The van der Waals surface area contributed by atoms with Crippen molar-refractivity contribution in [2.24, 2.45) is 7.05 Å². The van der Waals surface area contributed by atoms with Crippen LogP contribution in [-0.2, 0) is 13.6 Å². The number of benzene rings is 1. The number of urea groups is 1. The summed E-state index contributed by atoms with van der Waals surface area (Å²) in [5.74, 6) is 0.995. The van der Waals surface area contributed by atoms with Crippen molar-refractivity contribution < 1.29 is 4.79 Å². The molecule has 1 aromatic carbocycles. The summed E-state index contributed by atoms with van der Waals surface area (Å²) in [6.07, 6.45) is 4.65. The number of nitrogens with one attached hydrogen (secondary N) is 2. The van der Waals surface area contributed by atoms with E-state index in [2.05, 4.69) is 26.3 Å². The molecule has 0 radical (unpaired) electrons. The minimum atomic E-state index is -0.0702. The van der Waals surface area contributed by atoms with E-state index in [4.69, 9.17) is 0 Å². The minimum absolute atomic E-state index is 0.0702. The molecule has 2 aromatic rings. The Bertz CT molecular complexity index is 656. The molecule has 1 aromatic heterocycles. The van der Waals surface area contributed by atoms with Gasteiger partial charge in [-0.1, -0.05) is 18.9 Å². The molecule has 3 rings (SSSR count). The molecule has 5 nitrogen and oxygen atoms in total. The van der Waals surface area contributed by atoms with Crippen molar-refractivity contribution in [1.82, 2.24) is 20.2 Å². The van der Waals surface area contributed by atoms with Gasteiger partial charge in [0.15, 0.2) is 0 Å². The molecule has 0 saturated heterocycles. The van der Waals surface area contributed by atoms with Gasteiger partial charge in [-0.3, -0.25) is 0 Å². The molecular formula is C16H22N4O. The summed E-state index contributed by atoms with van der Waals surface area (Å²) < 4.78 is 2.07. The molecule has 2 N–H and O–H groups in total. The Balaban J connectivity index is 1.61. The number of imidazole rings is 1. The number of aryl methyl sites for hydroxylation is 2. The van der Waals surface area contributed by atoms with Crippen LogP contribution in [0.2, 0.25) is 0 Å². The van der Waals surface area contributed by atoms with Crippen LogP contribution >= 0.6 is 0 Å². The summed E-state index contributed by atoms with van der Waals surface area (Å²) in [6.45, 7) is 2.52. The standard InChI is InChI=1S/C16H22N4O/c1-11-18-14-9-12(7-8-15(14)20(11)2)10-17-16(21)19-13-5-3-4-6-13/h7-9,13H,3-6,10H2,1-2H3,(H2,17,19,21). The van der Waals surface area contributed by atoms with Gasteiger partial charge in [-0.25, -0.2) is 9.78 Å². The number of carbonyl (C=O) groups excluding carboxylic acids is 1. The summed E-state index contributed by atoms with van der Waals surface area (Å²) in [6, 6.07) is 6.42. The lowest BCUT2D eigenvalue weighted by molar-refractivity contribution is 0.236. The lowest BCUT2D eigenvalue weighted by Gasteiger charge is -2.13. The number of rotatable bonds is 3. The third-order valence-electron chi connectivity index (χ3n) is 4.31. The largest absolute Gasteiger partial charge is 0.335 e. The zero-order valence-electron chi connectivity index (χ0n) is 12.6. The first-order valence-electron chi connectivity index (χ1n) is 7.60. The molecule has 0 aliphatic heterocycles. The zero-order valence-corrected chi connectivity index (χ0v) is 12.6. The van der Waals surface area contributed by atoms with Crippen LogP contribution in [-0.4, -0.2) is 21.6 Å². The van der Waals surface area contributed by atoms with Crippen LogP contribution in [0, 0.1) is 6.92 Å². The van der Waals surface area contributed by atoms with Gasteiger partial charge in [-0.05, 0) is 37.5 Å². The Morgan fingerprint density at radius 2 is 2.14 bits per heavy atom. The van der Waals surface area contributed by atoms with E-state index in [1.165, 1.54) is 12.8 Å². The van der Waals surface area contributed by atoms with Crippen molar-refractivity contribution >= 4 is 17.1 Å². The molecule has 1 aliphatic carbocycles. The van der Waals surface area contributed by atoms with E-state index in [0.717, 1.165) is 35.3 Å². The third-order valence-corrected chi connectivity index (χ3v) is 4.31. The fraction of sp³-hybridized carbons (Fsp3) is 0.500. The summed E-state index contributed by atoms with van der Waals surface area (Å²) in [5.41, 5.74) is 3.17. The number of hydrogen-bond acceptors (Lipinski definition) is 2. The predicted molar refractivity (Wildman–Crippen MR) is 83.1 cm³/mol. The molecule has 2 amide bonds. The third kappa shape index (κ3) is 3.01. The maximum atomic E-state index is 11.9. The van der Waals surface area contributed by atoms with Gasteiger partial charge in [0.1, 0.15) is 5.82 Å². The monoisotopic (exact) mass is 286 g/mol. The van der Waals surface area contributed by atoms with Crippen LogP contribution in [0.4, 0.5) is 4.79 Å². The first-order chi connectivity index (χ1) is 10.1. The van der Waals surface area contributed by atoms with Gasteiger partial charge >= 0.3 is 6.03 Å². The van der Waals surface area contributed by atoms with Gasteiger partial charge in [0, 0.05) is 19.6 Å². The van der Waals surface area contributed by atoms with Crippen molar-refractivity contribution in [1.29, 1.82) is 0 Å². The number of carbonyl (C=O) groups is 1. The Morgan fingerprint density at radius 1 is 1.38 bits per heavy atom. The second kappa shape index (κ2) is 5.76. The molecule has 1 heterocycles. The van der Waals surface area contributed by atoms with Crippen LogP contribution in [0.1, 0.15) is 37.1 Å². The molecule has 21 heavy (non-hydrogen) atoms. The quantitative estimate of drug-likeness (QED) is 0.911. The molecule has 0 bridgehead atoms. The van der Waals surface area contributed by atoms with Crippen molar-refractivity contribution in [3.05, 3.63) is 29.6 Å². The first kappa shape index (κ1) is 13.9. The Kier molecular flexibility index (Phi) is 3.82. The lowest BCUT2D eigenvalue weighted by Crippen LogP contribution is -2.40. The number of amides is 2. The van der Waals surface area contributed by atoms with E-state index in [1.807, 2.05) is 26.1 Å². The van der Waals surface area contributed by atoms with Crippen molar-refractivity contribution in [2.45, 2.75) is 45.2 Å². The summed E-state index contributed by atoms with van der Waals surface area (Å²) >= 11 is 0. The second-order valence-electron chi connectivity index (χ2n) is 5.85. The SMILES string of the molecule is Cc1nc2cc(CNC(=O)NC3CCCC3)ccc2n1C.